The number of hydrogen-bond donors (Lipinski definition) is 2. The lowest BCUT2D eigenvalue weighted by Crippen LogP contribution is -2.25. The fourth-order valence-corrected chi connectivity index (χ4v) is 21.6. The molecule has 2 amide bonds. The zero-order chi connectivity index (χ0) is 49.2. The topological polar surface area (TPSA) is 58.2 Å². The number of carbonyl (C=O) groups excluding carboxylic acids is 2. The van der Waals surface area contributed by atoms with Crippen molar-refractivity contribution in [2.75, 3.05) is 23.0 Å². The second kappa shape index (κ2) is 25.6. The van der Waals surface area contributed by atoms with Gasteiger partial charge in [-0.05, 0) is 100 Å². The third kappa shape index (κ3) is 12.4. The quantitative estimate of drug-likeness (QED) is 0.0405. The number of thioether (sulfide) groups is 8. The predicted molar refractivity (Wildman–Crippen MR) is 332 cm³/mol. The van der Waals surface area contributed by atoms with Gasteiger partial charge in [-0.3, -0.25) is 9.59 Å². The molecular formula is C60H62N2O2S8. The summed E-state index contributed by atoms with van der Waals surface area (Å²) in [4.78, 5) is 27.6. The van der Waals surface area contributed by atoms with E-state index < -0.39 is 0 Å². The van der Waals surface area contributed by atoms with Crippen molar-refractivity contribution in [3.8, 4) is 0 Å². The number of hydrogen-bond acceptors (Lipinski definition) is 10. The van der Waals surface area contributed by atoms with E-state index in [2.05, 4.69) is 157 Å². The largest absolute Gasteiger partial charge is 0.351 e. The molecule has 0 saturated carbocycles. The molecule has 0 bridgehead atoms. The lowest BCUT2D eigenvalue weighted by molar-refractivity contribution is -0.119. The third-order valence-electron chi connectivity index (χ3n) is 13.6. The van der Waals surface area contributed by atoms with Crippen molar-refractivity contribution in [3.05, 3.63) is 146 Å². The minimum atomic E-state index is 0.00771. The fraction of sp³-hybridized carbons (Fsp3) is 0.333. The Morgan fingerprint density at radius 3 is 1.12 bits per heavy atom. The van der Waals surface area contributed by atoms with Crippen molar-refractivity contribution in [2.24, 2.45) is 0 Å². The maximum Gasteiger partial charge on any atom is 0.230 e. The van der Waals surface area contributed by atoms with Gasteiger partial charge < -0.3 is 10.6 Å². The highest BCUT2D eigenvalue weighted by atomic mass is 32.3. The molecular weight excluding hydrogens is 1040 g/mol. The number of rotatable bonds is 26. The highest BCUT2D eigenvalue weighted by Crippen LogP contribution is 2.66. The van der Waals surface area contributed by atoms with Crippen LogP contribution in [0.5, 0.6) is 0 Å². The zero-order valence-electron chi connectivity index (χ0n) is 41.2. The first-order valence-corrected chi connectivity index (χ1v) is 33.0. The summed E-state index contributed by atoms with van der Waals surface area (Å²) >= 11 is 14.8. The molecule has 0 radical (unpaired) electrons. The van der Waals surface area contributed by atoms with Crippen molar-refractivity contribution < 1.29 is 9.59 Å². The maximum absolute atomic E-state index is 13.8. The van der Waals surface area contributed by atoms with Crippen molar-refractivity contribution >= 4 is 171 Å². The van der Waals surface area contributed by atoms with Crippen LogP contribution in [0.2, 0.25) is 0 Å². The van der Waals surface area contributed by atoms with E-state index in [0.717, 1.165) is 31.1 Å². The van der Waals surface area contributed by atoms with Crippen LogP contribution in [0.25, 0.3) is 64.6 Å². The molecule has 8 aromatic rings. The van der Waals surface area contributed by atoms with E-state index in [-0.39, 0.29) is 11.8 Å². The van der Waals surface area contributed by atoms with E-state index in [1.54, 1.807) is 47.0 Å². The lowest BCUT2D eigenvalue weighted by atomic mass is 9.92. The minimum absolute atomic E-state index is 0.00771. The molecule has 72 heavy (non-hydrogen) atoms. The van der Waals surface area contributed by atoms with Crippen LogP contribution >= 0.6 is 94.1 Å². The molecule has 2 aliphatic heterocycles. The first-order valence-electron chi connectivity index (χ1n) is 25.8. The average molecular weight is 1100 g/mol. The number of carbonyl (C=O) groups is 2. The molecule has 372 valence electrons. The van der Waals surface area contributed by atoms with Gasteiger partial charge in [0.15, 0.2) is 0 Å². The summed E-state index contributed by atoms with van der Waals surface area (Å²) in [6, 6.07) is 39.3. The molecule has 2 heterocycles. The second-order valence-corrected chi connectivity index (χ2v) is 28.5. The highest BCUT2D eigenvalue weighted by molar-refractivity contribution is 8.45. The monoisotopic (exact) mass is 1100 g/mol. The molecule has 2 N–H and O–H groups in total. The summed E-state index contributed by atoms with van der Waals surface area (Å²) in [5.74, 6) is 2.94. The van der Waals surface area contributed by atoms with Gasteiger partial charge in [0, 0.05) is 13.1 Å². The molecule has 0 spiro atoms. The first kappa shape index (κ1) is 52.3. The van der Waals surface area contributed by atoms with Gasteiger partial charge >= 0.3 is 0 Å². The van der Waals surface area contributed by atoms with Crippen molar-refractivity contribution in [2.45, 2.75) is 104 Å². The summed E-state index contributed by atoms with van der Waals surface area (Å²) in [6.07, 6.45) is 15.7. The van der Waals surface area contributed by atoms with Gasteiger partial charge in [0.2, 0.25) is 11.8 Å². The third-order valence-corrected chi connectivity index (χ3v) is 25.3. The van der Waals surface area contributed by atoms with Crippen LogP contribution in [-0.4, -0.2) is 34.8 Å². The molecule has 0 aromatic heterocycles. The Kier molecular flexibility index (Phi) is 18.5. The van der Waals surface area contributed by atoms with E-state index >= 15 is 0 Å². The SMILES string of the molecule is CCCCCCCCSC1=C(SCCCCCCCC)SC(=C2SC(SCC(=O)NCc3ccc4ccc5cccc6ccc3c4c56)=C(SCC(=O)NCc3ccc4ccc5cccc6ccc3c4c56)S2)S1. The number of unbranched alkanes of at least 4 members (excludes halogenated alkanes) is 10. The van der Waals surface area contributed by atoms with Crippen molar-refractivity contribution in [3.63, 3.8) is 0 Å². The average Bonchev–Trinajstić information content (AvgIpc) is 4.02. The Balaban J connectivity index is 0.823. The Hall–Kier alpha value is -3.20. The lowest BCUT2D eigenvalue weighted by Gasteiger charge is -2.14. The van der Waals surface area contributed by atoms with Crippen molar-refractivity contribution in [1.29, 1.82) is 0 Å². The van der Waals surface area contributed by atoms with E-state index in [1.807, 2.05) is 23.5 Å². The van der Waals surface area contributed by atoms with Gasteiger partial charge in [-0.1, -0.05) is 234 Å². The normalized spacial score (nSPS) is 14.4. The molecule has 0 aliphatic carbocycles. The highest BCUT2D eigenvalue weighted by Gasteiger charge is 2.32. The maximum atomic E-state index is 13.8. The Labute approximate surface area is 459 Å². The standard InChI is InChI=1S/C60H62N2O2S8/c1-3-5-7-9-11-13-33-65-55-56(66-34-14-12-10-8-6-4-2)70-59(69-55)60-71-57(67-37-49(63)61-35-45-27-25-43-23-21-39-17-15-19-41-29-31-47(45)53(43)51(39)41)58(72-60)68-38-50(64)62-36-46-28-26-44-24-22-40-18-16-20-42-30-32-48(46)54(44)52(40)42/h15-32H,3-14,33-38H2,1-2H3,(H,61,63)(H,62,64). The summed E-state index contributed by atoms with van der Waals surface area (Å²) in [5, 5.41) is 21.4. The summed E-state index contributed by atoms with van der Waals surface area (Å²) in [5.41, 5.74) is 2.25. The van der Waals surface area contributed by atoms with Crippen LogP contribution in [-0.2, 0) is 22.7 Å². The van der Waals surface area contributed by atoms with Gasteiger partial charge in [-0.25, -0.2) is 0 Å². The van der Waals surface area contributed by atoms with E-state index in [9.17, 15) is 9.59 Å². The number of nitrogens with one attached hydrogen (secondary N) is 2. The van der Waals surface area contributed by atoms with Gasteiger partial charge in [0.1, 0.15) is 0 Å². The van der Waals surface area contributed by atoms with Gasteiger partial charge in [-0.15, -0.1) is 47.0 Å². The van der Waals surface area contributed by atoms with Gasteiger partial charge in [-0.2, -0.15) is 0 Å². The van der Waals surface area contributed by atoms with Gasteiger partial charge in [0.05, 0.1) is 36.9 Å². The molecule has 12 heteroatoms. The van der Waals surface area contributed by atoms with Crippen LogP contribution in [0.15, 0.2) is 135 Å². The minimum Gasteiger partial charge on any atom is -0.351 e. The van der Waals surface area contributed by atoms with E-state index in [1.165, 1.54) is 159 Å². The van der Waals surface area contributed by atoms with E-state index in [4.69, 9.17) is 0 Å². The Bertz CT molecular complexity index is 3060. The van der Waals surface area contributed by atoms with Crippen LogP contribution < -0.4 is 10.6 Å². The summed E-state index contributed by atoms with van der Waals surface area (Å²) in [6.45, 7) is 5.51. The molecule has 0 atom stereocenters. The summed E-state index contributed by atoms with van der Waals surface area (Å²) < 4.78 is 7.75. The first-order chi connectivity index (χ1) is 35.4. The zero-order valence-corrected chi connectivity index (χ0v) is 47.7. The number of benzene rings is 8. The smallest absolute Gasteiger partial charge is 0.230 e. The molecule has 10 rings (SSSR count). The fourth-order valence-electron chi connectivity index (χ4n) is 9.81. The Morgan fingerprint density at radius 2 is 0.722 bits per heavy atom. The van der Waals surface area contributed by atoms with Crippen LogP contribution in [0.1, 0.15) is 102 Å². The van der Waals surface area contributed by atoms with Crippen LogP contribution in [0.3, 0.4) is 0 Å². The molecule has 4 nitrogen and oxygen atoms in total. The van der Waals surface area contributed by atoms with Crippen molar-refractivity contribution in [1.82, 2.24) is 10.6 Å². The van der Waals surface area contributed by atoms with Crippen LogP contribution in [0, 0.1) is 0 Å². The molecule has 0 fully saturated rings. The van der Waals surface area contributed by atoms with Crippen LogP contribution in [0.4, 0.5) is 0 Å². The van der Waals surface area contributed by atoms with E-state index in [0.29, 0.717) is 24.6 Å². The number of amides is 2. The molecule has 0 saturated heterocycles. The summed E-state index contributed by atoms with van der Waals surface area (Å²) in [7, 11) is 0. The molecule has 2 aliphatic rings. The molecule has 0 unspecified atom stereocenters. The Morgan fingerprint density at radius 1 is 0.389 bits per heavy atom. The van der Waals surface area contributed by atoms with Gasteiger partial charge in [0.25, 0.3) is 0 Å². The second-order valence-electron chi connectivity index (χ2n) is 18.7. The molecule has 8 aromatic carbocycles. The predicted octanol–water partition coefficient (Wildman–Crippen LogP) is 19.4.